The topological polar surface area (TPSA) is 107 Å². The lowest BCUT2D eigenvalue weighted by Crippen LogP contribution is -2.37. The third-order valence-electron chi connectivity index (χ3n) is 5.94. The van der Waals surface area contributed by atoms with Gasteiger partial charge in [-0.05, 0) is 37.5 Å². The summed E-state index contributed by atoms with van der Waals surface area (Å²) < 4.78 is 5.42. The molecule has 0 fully saturated rings. The van der Waals surface area contributed by atoms with Crippen LogP contribution in [0.3, 0.4) is 0 Å². The van der Waals surface area contributed by atoms with Crippen molar-refractivity contribution in [3.05, 3.63) is 53.1 Å². The number of aromatic nitrogens is 5. The Morgan fingerprint density at radius 1 is 1.17 bits per heavy atom. The molecule has 2 aliphatic carbocycles. The van der Waals surface area contributed by atoms with Crippen LogP contribution >= 0.6 is 0 Å². The van der Waals surface area contributed by atoms with E-state index in [0.29, 0.717) is 17.2 Å². The molecule has 3 aromatic heterocycles. The number of rotatable bonds is 3. The second kappa shape index (κ2) is 7.27. The highest BCUT2D eigenvalue weighted by Crippen LogP contribution is 2.40. The van der Waals surface area contributed by atoms with E-state index in [1.54, 1.807) is 18.6 Å². The molecule has 0 saturated carbocycles. The highest BCUT2D eigenvalue weighted by atomic mass is 16.5. The molecule has 5 rings (SSSR count). The Morgan fingerprint density at radius 3 is 2.87 bits per heavy atom. The monoisotopic (exact) mass is 404 g/mol. The molecule has 0 aromatic carbocycles. The summed E-state index contributed by atoms with van der Waals surface area (Å²) in [6, 6.07) is -0.178. The summed E-state index contributed by atoms with van der Waals surface area (Å²) in [7, 11) is 0. The molecule has 0 spiro atoms. The highest BCUT2D eigenvalue weighted by molar-refractivity contribution is 5.94. The van der Waals surface area contributed by atoms with Gasteiger partial charge in [-0.3, -0.25) is 9.78 Å². The van der Waals surface area contributed by atoms with E-state index in [1.807, 2.05) is 6.20 Å². The number of hydrogen-bond donors (Lipinski definition) is 1. The Labute approximate surface area is 174 Å². The van der Waals surface area contributed by atoms with Crippen LogP contribution in [0.2, 0.25) is 0 Å². The first kappa shape index (κ1) is 18.8. The van der Waals surface area contributed by atoms with Crippen molar-refractivity contribution in [2.24, 2.45) is 5.41 Å². The Bertz CT molecular complexity index is 1090. The lowest BCUT2D eigenvalue weighted by Gasteiger charge is -2.36. The Hall–Kier alpha value is -3.16. The fourth-order valence-electron chi connectivity index (χ4n) is 4.50. The first-order valence-electron chi connectivity index (χ1n) is 10.4. The van der Waals surface area contributed by atoms with Crippen molar-refractivity contribution < 1.29 is 9.32 Å². The molecule has 8 heteroatoms. The minimum Gasteiger partial charge on any atom is -0.360 e. The van der Waals surface area contributed by atoms with Crippen LogP contribution in [0.5, 0.6) is 0 Å². The Balaban J connectivity index is 1.45. The van der Waals surface area contributed by atoms with E-state index < -0.39 is 0 Å². The number of amides is 1. The van der Waals surface area contributed by atoms with Gasteiger partial charge in [-0.2, -0.15) is 0 Å². The van der Waals surface area contributed by atoms with Gasteiger partial charge in [0.25, 0.3) is 5.91 Å². The second-order valence-electron chi connectivity index (χ2n) is 8.90. The number of carbonyl (C=O) groups excluding carboxylic acids is 1. The average Bonchev–Trinajstić information content (AvgIpc) is 3.17. The van der Waals surface area contributed by atoms with E-state index in [4.69, 9.17) is 9.51 Å². The first-order valence-corrected chi connectivity index (χ1v) is 10.4. The number of fused-ring (bicyclic) bond motifs is 2. The van der Waals surface area contributed by atoms with Gasteiger partial charge >= 0.3 is 0 Å². The average molecular weight is 404 g/mol. The zero-order chi connectivity index (χ0) is 20.7. The summed E-state index contributed by atoms with van der Waals surface area (Å²) in [4.78, 5) is 30.7. The van der Waals surface area contributed by atoms with Crippen molar-refractivity contribution in [1.82, 2.24) is 30.4 Å². The first-order chi connectivity index (χ1) is 14.5. The van der Waals surface area contributed by atoms with Crippen LogP contribution in [-0.4, -0.2) is 31.0 Å². The maximum Gasteiger partial charge on any atom is 0.274 e. The van der Waals surface area contributed by atoms with Gasteiger partial charge in [-0.25, -0.2) is 15.0 Å². The van der Waals surface area contributed by atoms with Crippen LogP contribution < -0.4 is 5.32 Å². The predicted molar refractivity (Wildman–Crippen MR) is 109 cm³/mol. The van der Waals surface area contributed by atoms with E-state index in [2.05, 4.69) is 39.3 Å². The van der Waals surface area contributed by atoms with Crippen LogP contribution in [0, 0.1) is 5.41 Å². The SMILES string of the molecule is CC1(C)Cc2nc(-c3cnccn3)ncc2[C@H](NC(=O)c2noc3c2CCCC3)C1. The molecule has 2 aliphatic rings. The fraction of sp³-hybridized carbons (Fsp3) is 0.455. The molecule has 154 valence electrons. The van der Waals surface area contributed by atoms with Gasteiger partial charge in [0.2, 0.25) is 0 Å². The fourth-order valence-corrected chi connectivity index (χ4v) is 4.50. The van der Waals surface area contributed by atoms with Gasteiger partial charge < -0.3 is 9.84 Å². The molecule has 0 unspecified atom stereocenters. The zero-order valence-corrected chi connectivity index (χ0v) is 17.2. The Kier molecular flexibility index (Phi) is 4.56. The zero-order valence-electron chi connectivity index (χ0n) is 17.2. The number of nitrogens with one attached hydrogen (secondary N) is 1. The van der Waals surface area contributed by atoms with Crippen LogP contribution in [0.1, 0.15) is 72.2 Å². The van der Waals surface area contributed by atoms with Gasteiger partial charge in [0, 0.05) is 36.1 Å². The van der Waals surface area contributed by atoms with Crippen molar-refractivity contribution in [2.45, 2.75) is 58.4 Å². The van der Waals surface area contributed by atoms with Crippen LogP contribution in [-0.2, 0) is 19.3 Å². The Morgan fingerprint density at radius 2 is 2.03 bits per heavy atom. The number of carbonyl (C=O) groups is 1. The molecule has 0 bridgehead atoms. The summed E-state index contributed by atoms with van der Waals surface area (Å²) >= 11 is 0. The smallest absolute Gasteiger partial charge is 0.274 e. The third kappa shape index (κ3) is 3.46. The third-order valence-corrected chi connectivity index (χ3v) is 5.94. The highest BCUT2D eigenvalue weighted by Gasteiger charge is 2.36. The summed E-state index contributed by atoms with van der Waals surface area (Å²) in [6.45, 7) is 4.38. The second-order valence-corrected chi connectivity index (χ2v) is 8.90. The minimum atomic E-state index is -0.187. The number of aryl methyl sites for hydroxylation is 1. The molecule has 3 aromatic rings. The maximum absolute atomic E-state index is 13.1. The molecule has 3 heterocycles. The maximum atomic E-state index is 13.1. The molecule has 1 amide bonds. The van der Waals surface area contributed by atoms with Crippen molar-refractivity contribution in [2.75, 3.05) is 0 Å². The van der Waals surface area contributed by atoms with E-state index in [0.717, 1.165) is 61.1 Å². The number of nitrogens with zero attached hydrogens (tertiary/aromatic N) is 5. The molecule has 8 nitrogen and oxygen atoms in total. The van der Waals surface area contributed by atoms with Crippen molar-refractivity contribution >= 4 is 5.91 Å². The predicted octanol–water partition coefficient (Wildman–Crippen LogP) is 3.24. The van der Waals surface area contributed by atoms with Crippen LogP contribution in [0.4, 0.5) is 0 Å². The van der Waals surface area contributed by atoms with Crippen molar-refractivity contribution in [1.29, 1.82) is 0 Å². The van der Waals surface area contributed by atoms with Gasteiger partial charge in [0.15, 0.2) is 11.5 Å². The van der Waals surface area contributed by atoms with Crippen LogP contribution in [0.15, 0.2) is 29.3 Å². The summed E-state index contributed by atoms with van der Waals surface area (Å²) in [5.41, 5.74) is 3.90. The minimum absolute atomic E-state index is 0.0117. The standard InChI is InChI=1S/C22H24N6O2/c1-22(2)9-15-14(11-25-20(26-15)17-12-23-7-8-24-17)16(10-22)27-21(29)19-13-5-3-4-6-18(13)30-28-19/h7-8,11-12,16H,3-6,9-10H2,1-2H3,(H,27,29)/t16-/m1/s1. The van der Waals surface area contributed by atoms with Crippen molar-refractivity contribution in [3.8, 4) is 11.5 Å². The van der Waals surface area contributed by atoms with Gasteiger partial charge in [-0.1, -0.05) is 19.0 Å². The van der Waals surface area contributed by atoms with E-state index in [1.165, 1.54) is 0 Å². The molecule has 1 N–H and O–H groups in total. The summed E-state index contributed by atoms with van der Waals surface area (Å²) in [6.07, 6.45) is 12.2. The normalized spacial score (nSPS) is 19.6. The van der Waals surface area contributed by atoms with Gasteiger partial charge in [0.1, 0.15) is 11.5 Å². The molecular formula is C22H24N6O2. The summed E-state index contributed by atoms with van der Waals surface area (Å²) in [5.74, 6) is 1.22. The number of hydrogen-bond acceptors (Lipinski definition) is 7. The molecular weight excluding hydrogens is 380 g/mol. The van der Waals surface area contributed by atoms with E-state index >= 15 is 0 Å². The van der Waals surface area contributed by atoms with E-state index in [-0.39, 0.29) is 17.4 Å². The molecule has 1 atom stereocenters. The molecule has 0 saturated heterocycles. The van der Waals surface area contributed by atoms with Gasteiger partial charge in [0.05, 0.1) is 17.9 Å². The lowest BCUT2D eigenvalue weighted by atomic mass is 9.74. The van der Waals surface area contributed by atoms with Crippen molar-refractivity contribution in [3.63, 3.8) is 0 Å². The van der Waals surface area contributed by atoms with E-state index in [9.17, 15) is 4.79 Å². The largest absolute Gasteiger partial charge is 0.360 e. The molecule has 0 radical (unpaired) electrons. The molecule has 30 heavy (non-hydrogen) atoms. The van der Waals surface area contributed by atoms with Gasteiger partial charge in [-0.15, -0.1) is 0 Å². The molecule has 0 aliphatic heterocycles. The lowest BCUT2D eigenvalue weighted by molar-refractivity contribution is 0.0909. The summed E-state index contributed by atoms with van der Waals surface area (Å²) in [5, 5.41) is 7.25. The quantitative estimate of drug-likeness (QED) is 0.714. The van der Waals surface area contributed by atoms with Crippen LogP contribution in [0.25, 0.3) is 11.5 Å².